The molecule has 24 unspecified atom stereocenters. The summed E-state index contributed by atoms with van der Waals surface area (Å²) in [6, 6.07) is -1.17. The largest absolute Gasteiger partial charge is 0.462 e. The molecule has 0 bridgehead atoms. The molecule has 0 aromatic rings. The maximum atomic E-state index is 14.2. The molecule has 26 nitrogen and oxygen atoms in total. The molecule has 0 aromatic carbocycles. The van der Waals surface area contributed by atoms with Gasteiger partial charge in [-0.15, -0.1) is 0 Å². The topological polar surface area (TPSA) is 479 Å². The Morgan fingerprint density at radius 1 is 0.546 bits per heavy atom. The first-order valence-corrected chi connectivity index (χ1v) is 35.8. The zero-order valence-corrected chi connectivity index (χ0v) is 59.8. The Kier molecular flexibility index (Phi) is 40.1. The highest BCUT2D eigenvalue weighted by Crippen LogP contribution is 2.36. The molecule has 570 valence electrons. The molecule has 3 aliphatic rings. The lowest BCUT2D eigenvalue weighted by atomic mass is 9.81. The number of cyclic esters (lactones) is 1. The number of aliphatic hydroxyl groups is 18. The molecule has 34 atom stereocenters. The smallest absolute Gasteiger partial charge is 0.306 e. The Bertz CT molecular complexity index is 2270. The molecule has 0 aromatic heterocycles. The zero-order chi connectivity index (χ0) is 73.5. The Morgan fingerprint density at radius 2 is 1.05 bits per heavy atom. The van der Waals surface area contributed by atoms with Gasteiger partial charge in [0.2, 0.25) is 0 Å². The number of hydrogen-bond donors (Lipinski definition) is 20. The molecule has 0 spiro atoms. The number of carbonyl (C=O) groups excluding carboxylic acids is 1. The Morgan fingerprint density at radius 3 is 1.60 bits per heavy atom. The van der Waals surface area contributed by atoms with Gasteiger partial charge in [-0.2, -0.15) is 0 Å². The minimum atomic E-state index is -1.90. The lowest BCUT2D eigenvalue weighted by Crippen LogP contribution is -2.62. The number of unbranched alkanes of at least 4 members (excludes halogenated alkanes) is 3. The average molecular weight is 1400 g/mol. The zero-order valence-electron chi connectivity index (χ0n) is 59.8. The van der Waals surface area contributed by atoms with Gasteiger partial charge in [0, 0.05) is 48.3 Å². The Hall–Kier alpha value is -2.27. The summed E-state index contributed by atoms with van der Waals surface area (Å²) in [4.78, 5) is 14.2. The predicted molar refractivity (Wildman–Crippen MR) is 362 cm³/mol. The highest BCUT2D eigenvalue weighted by atomic mass is 16.7. The van der Waals surface area contributed by atoms with E-state index in [0.717, 1.165) is 32.1 Å². The minimum Gasteiger partial charge on any atom is -0.462 e. The third kappa shape index (κ3) is 28.4. The van der Waals surface area contributed by atoms with Crippen molar-refractivity contribution >= 4 is 5.97 Å². The molecule has 0 aliphatic carbocycles. The second-order valence-corrected chi connectivity index (χ2v) is 29.7. The van der Waals surface area contributed by atoms with Crippen molar-refractivity contribution in [3.8, 4) is 0 Å². The number of nitrogens with two attached hydrogens (primary N) is 2. The van der Waals surface area contributed by atoms with Crippen molar-refractivity contribution in [2.24, 2.45) is 64.7 Å². The van der Waals surface area contributed by atoms with Gasteiger partial charge in [-0.05, 0) is 120 Å². The standard InChI is InChI=1S/C71H132N2O24/c1-35(19-15-13-14-18-24-72)25-41(7)69-45(11)56(94-70-66(90)60(73)64(88)46(12)93-70)33-49(77)32-54(82)43(9)52(80)29-47(75)28-51(79)42(8)53(81)30-48(76)31-55(83)44(10)63(87)57(95-71-68(92)67(91)65(89)58(34-74)96-71)27-40(6)62(86)39(5)26-38(4)61(85)37(3)20-16-17-21-50(78)36(2)22-23-59(84)97-69/h16,20,26-27,35-37,39,41-58,60-71,74-83,85-92H,13-15,17-19,21-25,28-34,72-73H2,1-12H3/t35?,36?,37?,39?,41?,42?,43?,44?,45?,46-,47?,48?,49?,50?,51?,52?,53?,54?,55?,56?,57?,58-,60+,61?,62?,63?,64-,65-,66-,67+,68+,69?,70+,71-/m1/s1. The number of carbonyl (C=O) groups is 1. The minimum absolute atomic E-state index is 0.0617. The quantitative estimate of drug-likeness (QED) is 0.0655. The van der Waals surface area contributed by atoms with Crippen molar-refractivity contribution in [3.63, 3.8) is 0 Å². The molecular weight excluding hydrogens is 1260 g/mol. The van der Waals surface area contributed by atoms with Gasteiger partial charge >= 0.3 is 5.97 Å². The Labute approximate surface area is 576 Å². The van der Waals surface area contributed by atoms with Crippen LogP contribution in [0.5, 0.6) is 0 Å². The van der Waals surface area contributed by atoms with Gasteiger partial charge in [-0.25, -0.2) is 0 Å². The summed E-state index contributed by atoms with van der Waals surface area (Å²) in [5, 5.41) is 202. The molecule has 0 radical (unpaired) electrons. The molecule has 0 saturated carbocycles. The maximum absolute atomic E-state index is 14.2. The third-order valence-electron chi connectivity index (χ3n) is 21.1. The fraction of sp³-hybridized carbons (Fsp3) is 0.901. The molecular formula is C71H132N2O24. The predicted octanol–water partition coefficient (Wildman–Crippen LogP) is 0.981. The van der Waals surface area contributed by atoms with Crippen molar-refractivity contribution in [3.05, 3.63) is 35.5 Å². The lowest BCUT2D eigenvalue weighted by molar-refractivity contribution is -0.314. The lowest BCUT2D eigenvalue weighted by Gasteiger charge is -2.43. The van der Waals surface area contributed by atoms with E-state index in [-0.39, 0.29) is 61.9 Å². The van der Waals surface area contributed by atoms with Gasteiger partial charge in [0.15, 0.2) is 12.6 Å². The van der Waals surface area contributed by atoms with Crippen LogP contribution in [0.25, 0.3) is 0 Å². The molecule has 26 heteroatoms. The molecule has 2 fully saturated rings. The van der Waals surface area contributed by atoms with Gasteiger partial charge in [-0.3, -0.25) is 4.79 Å². The summed E-state index contributed by atoms with van der Waals surface area (Å²) in [6.45, 7) is 20.2. The van der Waals surface area contributed by atoms with E-state index in [4.69, 9.17) is 35.2 Å². The average Bonchev–Trinajstić information content (AvgIpc) is 0.831. The van der Waals surface area contributed by atoms with Crippen LogP contribution in [0.2, 0.25) is 0 Å². The van der Waals surface area contributed by atoms with Crippen LogP contribution in [-0.4, -0.2) is 264 Å². The highest BCUT2D eigenvalue weighted by Gasteiger charge is 2.48. The van der Waals surface area contributed by atoms with Crippen LogP contribution in [0, 0.1) is 53.3 Å². The first-order valence-electron chi connectivity index (χ1n) is 35.8. The van der Waals surface area contributed by atoms with Crippen LogP contribution >= 0.6 is 0 Å². The van der Waals surface area contributed by atoms with Gasteiger partial charge in [0.1, 0.15) is 42.7 Å². The molecule has 22 N–H and O–H groups in total. The van der Waals surface area contributed by atoms with Crippen LogP contribution in [0.4, 0.5) is 0 Å². The third-order valence-corrected chi connectivity index (χ3v) is 21.1. The van der Waals surface area contributed by atoms with Crippen molar-refractivity contribution < 1.29 is 120 Å². The second kappa shape index (κ2) is 43.7. The van der Waals surface area contributed by atoms with Crippen molar-refractivity contribution in [2.45, 2.75) is 339 Å². The van der Waals surface area contributed by atoms with Crippen molar-refractivity contribution in [1.29, 1.82) is 0 Å². The molecule has 0 amide bonds. The second-order valence-electron chi connectivity index (χ2n) is 29.7. The Balaban J connectivity index is 2.03. The van der Waals surface area contributed by atoms with E-state index < -0.39 is 214 Å². The summed E-state index contributed by atoms with van der Waals surface area (Å²) >= 11 is 0. The molecule has 3 aliphatic heterocycles. The van der Waals surface area contributed by atoms with Crippen LogP contribution in [0.15, 0.2) is 35.5 Å². The van der Waals surface area contributed by atoms with Gasteiger partial charge in [-0.1, -0.05) is 112 Å². The number of hydrogen-bond acceptors (Lipinski definition) is 26. The molecule has 3 heterocycles. The number of aliphatic hydroxyl groups excluding tert-OH is 18. The van der Waals surface area contributed by atoms with Gasteiger partial charge in [0.05, 0.1) is 104 Å². The number of ether oxygens (including phenoxy) is 5. The molecule has 97 heavy (non-hydrogen) atoms. The SMILES string of the molecule is CC1=CC(C)C(O)C(C)=CC(O[C@@H]2O[C@H](CO)[C@@H](O)[C@H](O)[C@@H]2O)C(O)C(C)C(O)CC(O)CC(O)C(C)C(O)CC(O)CC(O)C(C)C(O)CC(O)CC(O[C@@H]2O[C@H](C)[C@@H](O)[C@H](N)[C@H]2O)C(C)C(C(C)CC(C)CCCCCCN)OC(=O)CCC(C)C(O)CCC=CC(C)C1O. The summed E-state index contributed by atoms with van der Waals surface area (Å²) in [7, 11) is 0. The summed E-state index contributed by atoms with van der Waals surface area (Å²) < 4.78 is 30.6. The van der Waals surface area contributed by atoms with Crippen LogP contribution in [0.1, 0.15) is 186 Å². The number of rotatable bonds is 14. The summed E-state index contributed by atoms with van der Waals surface area (Å²) in [5.74, 6) is -5.94. The van der Waals surface area contributed by atoms with Crippen LogP contribution in [-0.2, 0) is 28.5 Å². The normalized spacial score (nSPS) is 43.9. The van der Waals surface area contributed by atoms with Crippen LogP contribution in [0.3, 0.4) is 0 Å². The molecule has 2 saturated heterocycles. The van der Waals surface area contributed by atoms with E-state index in [2.05, 4.69) is 6.92 Å². The number of allylic oxidation sites excluding steroid dienone is 1. The highest BCUT2D eigenvalue weighted by molar-refractivity contribution is 5.69. The maximum Gasteiger partial charge on any atom is 0.306 e. The van der Waals surface area contributed by atoms with E-state index in [1.54, 1.807) is 40.7 Å². The summed E-state index contributed by atoms with van der Waals surface area (Å²) in [6.07, 6.45) is -22.3. The van der Waals surface area contributed by atoms with Crippen LogP contribution < -0.4 is 11.5 Å². The van der Waals surface area contributed by atoms with E-state index in [1.807, 2.05) is 26.0 Å². The first-order chi connectivity index (χ1) is 45.4. The van der Waals surface area contributed by atoms with E-state index in [0.29, 0.717) is 31.4 Å². The summed E-state index contributed by atoms with van der Waals surface area (Å²) in [5.41, 5.74) is 12.7. The van der Waals surface area contributed by atoms with E-state index in [9.17, 15) is 96.7 Å². The van der Waals surface area contributed by atoms with Crippen molar-refractivity contribution in [1.82, 2.24) is 0 Å². The van der Waals surface area contributed by atoms with E-state index >= 15 is 0 Å². The number of esters is 1. The van der Waals surface area contributed by atoms with Gasteiger partial charge in [0.25, 0.3) is 0 Å². The van der Waals surface area contributed by atoms with Crippen molar-refractivity contribution in [2.75, 3.05) is 13.2 Å². The fourth-order valence-corrected chi connectivity index (χ4v) is 13.7. The molecule has 3 rings (SSSR count). The van der Waals surface area contributed by atoms with E-state index in [1.165, 1.54) is 33.8 Å². The fourth-order valence-electron chi connectivity index (χ4n) is 13.7. The van der Waals surface area contributed by atoms with Gasteiger partial charge < -0.3 is 127 Å². The monoisotopic (exact) mass is 1400 g/mol. The first kappa shape index (κ1) is 88.9.